The number of para-hydroxylation sites is 1. The van der Waals surface area contributed by atoms with Crippen molar-refractivity contribution >= 4 is 23.0 Å². The average Bonchev–Trinajstić information content (AvgIpc) is 3.25. The summed E-state index contributed by atoms with van der Waals surface area (Å²) in [5, 5.41) is 18.2. The van der Waals surface area contributed by atoms with Crippen molar-refractivity contribution in [1.82, 2.24) is 15.0 Å². The van der Waals surface area contributed by atoms with Crippen LogP contribution < -0.4 is 10.4 Å². The third-order valence-electron chi connectivity index (χ3n) is 4.39. The quantitative estimate of drug-likeness (QED) is 0.288. The van der Waals surface area contributed by atoms with E-state index >= 15 is 0 Å². The molecule has 0 aliphatic heterocycles. The number of carbonyl (C=O) groups excluding carboxylic acids is 1. The van der Waals surface area contributed by atoms with Gasteiger partial charge >= 0.3 is 11.6 Å². The molecule has 0 aliphatic rings. The van der Waals surface area contributed by atoms with Gasteiger partial charge in [0.05, 0.1) is 13.3 Å². The van der Waals surface area contributed by atoms with Crippen molar-refractivity contribution in [3.05, 3.63) is 82.5 Å². The van der Waals surface area contributed by atoms with E-state index in [2.05, 4.69) is 10.3 Å². The Morgan fingerprint density at radius 3 is 2.90 bits per heavy atom. The van der Waals surface area contributed by atoms with Gasteiger partial charge in [0.2, 0.25) is 0 Å². The van der Waals surface area contributed by atoms with Crippen molar-refractivity contribution < 1.29 is 23.8 Å². The summed E-state index contributed by atoms with van der Waals surface area (Å²) in [4.78, 5) is 24.2. The number of rotatable bonds is 6. The number of fused-ring (bicyclic) bond motifs is 1. The molecule has 31 heavy (non-hydrogen) atoms. The predicted octanol–water partition coefficient (Wildman–Crippen LogP) is 2.84. The predicted molar refractivity (Wildman–Crippen MR) is 111 cm³/mol. The molecule has 0 unspecified atom stereocenters. The first-order chi connectivity index (χ1) is 15.0. The number of ether oxygens (including phenoxy) is 2. The molecule has 0 atom stereocenters. The Morgan fingerprint density at radius 2 is 2.06 bits per heavy atom. The molecule has 1 N–H and O–H groups in total. The minimum absolute atomic E-state index is 0.00534. The largest absolute Gasteiger partial charge is 0.504 e. The molecule has 2 aromatic carbocycles. The number of esters is 1. The van der Waals surface area contributed by atoms with Crippen LogP contribution in [0.5, 0.6) is 11.5 Å². The van der Waals surface area contributed by atoms with Crippen molar-refractivity contribution in [2.24, 2.45) is 0 Å². The second-order valence-electron chi connectivity index (χ2n) is 6.48. The van der Waals surface area contributed by atoms with E-state index in [0.717, 1.165) is 5.39 Å². The van der Waals surface area contributed by atoms with E-state index in [1.54, 1.807) is 30.3 Å². The third-order valence-corrected chi connectivity index (χ3v) is 4.39. The van der Waals surface area contributed by atoms with Crippen LogP contribution in [-0.4, -0.2) is 33.2 Å². The van der Waals surface area contributed by atoms with E-state index in [1.165, 1.54) is 36.2 Å². The summed E-state index contributed by atoms with van der Waals surface area (Å²) >= 11 is 0. The summed E-state index contributed by atoms with van der Waals surface area (Å²) in [5.74, 6) is -0.289. The monoisotopic (exact) mass is 419 g/mol. The van der Waals surface area contributed by atoms with E-state index in [0.29, 0.717) is 22.6 Å². The topological polar surface area (TPSA) is 117 Å². The maximum Gasteiger partial charge on any atom is 0.362 e. The highest BCUT2D eigenvalue weighted by Gasteiger charge is 2.11. The summed E-state index contributed by atoms with van der Waals surface area (Å²) < 4.78 is 16.7. The zero-order valence-electron chi connectivity index (χ0n) is 16.4. The zero-order valence-corrected chi connectivity index (χ0v) is 16.4. The smallest absolute Gasteiger partial charge is 0.362 e. The molecule has 2 heterocycles. The second kappa shape index (κ2) is 8.54. The number of hydrogen-bond acceptors (Lipinski definition) is 8. The molecule has 0 saturated carbocycles. The number of aromatic nitrogens is 3. The molecule has 156 valence electrons. The first-order valence-electron chi connectivity index (χ1n) is 9.20. The van der Waals surface area contributed by atoms with Gasteiger partial charge in [-0.25, -0.2) is 14.3 Å². The van der Waals surface area contributed by atoms with Gasteiger partial charge in [-0.05, 0) is 35.9 Å². The van der Waals surface area contributed by atoms with Crippen molar-refractivity contribution in [2.45, 2.75) is 6.61 Å². The van der Waals surface area contributed by atoms with Crippen LogP contribution in [-0.2, 0) is 16.1 Å². The van der Waals surface area contributed by atoms with Gasteiger partial charge in [0, 0.05) is 11.5 Å². The molecule has 0 aliphatic carbocycles. The normalized spacial score (nSPS) is 11.1. The van der Waals surface area contributed by atoms with Gasteiger partial charge in [0.1, 0.15) is 17.9 Å². The minimum Gasteiger partial charge on any atom is -0.504 e. The third kappa shape index (κ3) is 4.45. The summed E-state index contributed by atoms with van der Waals surface area (Å²) in [5.41, 5.74) is 1.13. The molecule has 0 spiro atoms. The van der Waals surface area contributed by atoms with Gasteiger partial charge < -0.3 is 19.0 Å². The van der Waals surface area contributed by atoms with Gasteiger partial charge in [0.15, 0.2) is 17.2 Å². The lowest BCUT2D eigenvalue weighted by Gasteiger charge is -2.03. The van der Waals surface area contributed by atoms with Crippen LogP contribution in [0.15, 0.2) is 70.0 Å². The molecule has 4 aromatic rings. The Morgan fingerprint density at radius 1 is 1.23 bits per heavy atom. The number of aromatic hydroxyl groups is 1. The van der Waals surface area contributed by atoms with Crippen LogP contribution in [0.1, 0.15) is 11.3 Å². The van der Waals surface area contributed by atoms with Crippen LogP contribution in [0, 0.1) is 0 Å². The van der Waals surface area contributed by atoms with Gasteiger partial charge in [-0.15, -0.1) is 5.10 Å². The molecule has 9 heteroatoms. The zero-order chi connectivity index (χ0) is 21.8. The van der Waals surface area contributed by atoms with E-state index in [-0.39, 0.29) is 18.0 Å². The highest BCUT2D eigenvalue weighted by atomic mass is 16.5. The lowest BCUT2D eigenvalue weighted by atomic mass is 10.2. The number of phenols is 1. The number of methoxy groups -OCH3 is 1. The van der Waals surface area contributed by atoms with Crippen LogP contribution in [0.25, 0.3) is 22.7 Å². The number of benzene rings is 2. The SMILES string of the molecule is COc1cc(/C=C/C(=O)OCc2cn(-c3cc4ccccc4oc3=O)nn2)ccc1O. The number of nitrogens with zero attached hydrogens (tertiary/aromatic N) is 3. The molecule has 4 rings (SSSR count). The van der Waals surface area contributed by atoms with Crippen molar-refractivity contribution in [3.63, 3.8) is 0 Å². The molecule has 9 nitrogen and oxygen atoms in total. The van der Waals surface area contributed by atoms with Crippen molar-refractivity contribution in [3.8, 4) is 17.2 Å². The van der Waals surface area contributed by atoms with Crippen LogP contribution in [0.2, 0.25) is 0 Å². The van der Waals surface area contributed by atoms with Crippen molar-refractivity contribution in [1.29, 1.82) is 0 Å². The Balaban J connectivity index is 1.42. The van der Waals surface area contributed by atoms with Crippen LogP contribution >= 0.6 is 0 Å². The Labute approximate surface area is 175 Å². The molecular formula is C22H17N3O6. The van der Waals surface area contributed by atoms with E-state index in [9.17, 15) is 14.7 Å². The minimum atomic E-state index is -0.591. The molecule has 0 radical (unpaired) electrons. The fourth-order valence-corrected chi connectivity index (χ4v) is 2.85. The summed E-state index contributed by atoms with van der Waals surface area (Å²) in [6, 6.07) is 13.5. The summed E-state index contributed by atoms with van der Waals surface area (Å²) in [6.07, 6.45) is 4.26. The van der Waals surface area contributed by atoms with Gasteiger partial charge in [-0.3, -0.25) is 0 Å². The van der Waals surface area contributed by atoms with Crippen molar-refractivity contribution in [2.75, 3.05) is 7.11 Å². The maximum atomic E-state index is 12.2. The average molecular weight is 419 g/mol. The van der Waals surface area contributed by atoms with E-state index in [1.807, 2.05) is 12.1 Å². The Hall–Kier alpha value is -4.40. The number of hydrogen-bond donors (Lipinski definition) is 1. The Bertz CT molecular complexity index is 1340. The fourth-order valence-electron chi connectivity index (χ4n) is 2.85. The standard InChI is InChI=1S/C22H17N3O6/c1-29-20-10-14(6-8-18(20)26)7-9-21(27)30-13-16-12-25(24-23-16)17-11-15-4-2-3-5-19(15)31-22(17)28/h2-12,26H,13H2,1H3/b9-7+. The Kier molecular flexibility index (Phi) is 5.48. The molecule has 0 saturated heterocycles. The molecular weight excluding hydrogens is 402 g/mol. The second-order valence-corrected chi connectivity index (χ2v) is 6.48. The lowest BCUT2D eigenvalue weighted by molar-refractivity contribution is -0.139. The number of carbonyl (C=O) groups is 1. The summed E-state index contributed by atoms with van der Waals surface area (Å²) in [7, 11) is 1.44. The fraction of sp³-hybridized carbons (Fsp3) is 0.0909. The molecule has 0 bridgehead atoms. The lowest BCUT2D eigenvalue weighted by Crippen LogP contribution is -2.10. The molecule has 0 amide bonds. The van der Waals surface area contributed by atoms with Crippen LogP contribution in [0.4, 0.5) is 0 Å². The number of phenolic OH excluding ortho intramolecular Hbond substituents is 1. The highest BCUT2D eigenvalue weighted by molar-refractivity contribution is 5.87. The van der Waals surface area contributed by atoms with Gasteiger partial charge in [-0.2, -0.15) is 0 Å². The first kappa shape index (κ1) is 19.9. The van der Waals surface area contributed by atoms with E-state index < -0.39 is 11.6 Å². The summed E-state index contributed by atoms with van der Waals surface area (Å²) in [6.45, 7) is -0.124. The molecule has 2 aromatic heterocycles. The maximum absolute atomic E-state index is 12.2. The highest BCUT2D eigenvalue weighted by Crippen LogP contribution is 2.26. The molecule has 0 fully saturated rings. The first-order valence-corrected chi connectivity index (χ1v) is 9.20. The van der Waals surface area contributed by atoms with Crippen LogP contribution in [0.3, 0.4) is 0 Å². The van der Waals surface area contributed by atoms with Gasteiger partial charge in [0.25, 0.3) is 0 Å². The van der Waals surface area contributed by atoms with Gasteiger partial charge in [-0.1, -0.05) is 29.5 Å². The van der Waals surface area contributed by atoms with E-state index in [4.69, 9.17) is 13.9 Å².